The fourth-order valence-corrected chi connectivity index (χ4v) is 2.31. The minimum absolute atomic E-state index is 0.448. The van der Waals surface area contributed by atoms with Gasteiger partial charge in [0.05, 0.1) is 21.7 Å². The molecule has 3 rings (SSSR count). The number of para-hydroxylation sites is 1. The van der Waals surface area contributed by atoms with Gasteiger partial charge in [0.25, 0.3) is 0 Å². The van der Waals surface area contributed by atoms with E-state index in [1.165, 1.54) is 0 Å². The highest BCUT2D eigenvalue weighted by molar-refractivity contribution is 6.32. The third kappa shape index (κ3) is 1.64. The highest BCUT2D eigenvalue weighted by atomic mass is 35.5. The molecule has 0 spiro atoms. The highest BCUT2D eigenvalue weighted by Crippen LogP contribution is 2.28. The molecule has 1 aromatic heterocycles. The Hall–Kier alpha value is -2.00. The summed E-state index contributed by atoms with van der Waals surface area (Å²) in [4.78, 5) is 4.35. The van der Waals surface area contributed by atoms with Crippen LogP contribution in [0.4, 0.5) is 5.95 Å². The lowest BCUT2D eigenvalue weighted by molar-refractivity contribution is 1.11. The van der Waals surface area contributed by atoms with Gasteiger partial charge in [0.15, 0.2) is 0 Å². The Bertz CT molecular complexity index is 731. The number of anilines is 1. The minimum Gasteiger partial charge on any atom is -0.369 e. The lowest BCUT2D eigenvalue weighted by Gasteiger charge is -2.08. The van der Waals surface area contributed by atoms with Gasteiger partial charge in [-0.2, -0.15) is 0 Å². The number of imidazole rings is 1. The number of hydrogen-bond donors (Lipinski definition) is 1. The number of rotatable bonds is 1. The van der Waals surface area contributed by atoms with Crippen LogP contribution in [-0.2, 0) is 0 Å². The summed E-state index contributed by atoms with van der Waals surface area (Å²) in [5.41, 5.74) is 9.86. The van der Waals surface area contributed by atoms with E-state index in [1.54, 1.807) is 0 Å². The number of halogens is 1. The monoisotopic (exact) mass is 257 g/mol. The molecule has 0 saturated carbocycles. The van der Waals surface area contributed by atoms with E-state index in [1.807, 2.05) is 47.9 Å². The number of benzene rings is 2. The largest absolute Gasteiger partial charge is 0.369 e. The smallest absolute Gasteiger partial charge is 0.205 e. The fraction of sp³-hybridized carbons (Fsp3) is 0.0714. The van der Waals surface area contributed by atoms with E-state index in [2.05, 4.69) is 11.1 Å². The molecule has 3 nitrogen and oxygen atoms in total. The molecule has 0 aliphatic rings. The molecule has 0 bridgehead atoms. The Morgan fingerprint density at radius 2 is 1.94 bits per heavy atom. The van der Waals surface area contributed by atoms with Crippen LogP contribution in [0.25, 0.3) is 16.7 Å². The van der Waals surface area contributed by atoms with Crippen LogP contribution in [0.1, 0.15) is 5.56 Å². The standard InChI is InChI=1S/C14H12ClN3/c1-9-6-7-11-13(8-9)18(14(16)17-11)12-5-3-2-4-10(12)15/h2-8H,1H3,(H2,16,17). The van der Waals surface area contributed by atoms with E-state index in [4.69, 9.17) is 17.3 Å². The van der Waals surface area contributed by atoms with Gasteiger partial charge in [0.1, 0.15) is 0 Å². The molecule has 0 saturated heterocycles. The fourth-order valence-electron chi connectivity index (χ4n) is 2.09. The summed E-state index contributed by atoms with van der Waals surface area (Å²) in [5.74, 6) is 0.448. The van der Waals surface area contributed by atoms with Gasteiger partial charge in [-0.3, -0.25) is 4.57 Å². The van der Waals surface area contributed by atoms with Crippen LogP contribution in [0.2, 0.25) is 5.02 Å². The molecule has 3 aromatic rings. The zero-order valence-electron chi connectivity index (χ0n) is 9.89. The van der Waals surface area contributed by atoms with Gasteiger partial charge in [0.2, 0.25) is 5.95 Å². The van der Waals surface area contributed by atoms with Crippen LogP contribution in [0, 0.1) is 6.92 Å². The van der Waals surface area contributed by atoms with Crippen LogP contribution in [-0.4, -0.2) is 9.55 Å². The summed E-state index contributed by atoms with van der Waals surface area (Å²) >= 11 is 6.22. The molecule has 1 heterocycles. The van der Waals surface area contributed by atoms with Crippen LogP contribution < -0.4 is 5.73 Å². The molecule has 2 N–H and O–H groups in total. The molecule has 18 heavy (non-hydrogen) atoms. The Labute approximate surface area is 110 Å². The third-order valence-corrected chi connectivity index (χ3v) is 3.25. The first kappa shape index (κ1) is 11.1. The maximum atomic E-state index is 6.22. The number of nitrogen functional groups attached to an aromatic ring is 1. The first-order valence-electron chi connectivity index (χ1n) is 5.66. The van der Waals surface area contributed by atoms with Crippen LogP contribution in [0.3, 0.4) is 0 Å². The number of fused-ring (bicyclic) bond motifs is 1. The molecule has 0 fully saturated rings. The van der Waals surface area contributed by atoms with Crippen molar-refractivity contribution in [2.75, 3.05) is 5.73 Å². The molecular formula is C14H12ClN3. The minimum atomic E-state index is 0.448. The number of hydrogen-bond acceptors (Lipinski definition) is 2. The Kier molecular flexibility index (Phi) is 2.49. The second-order valence-electron chi connectivity index (χ2n) is 4.25. The predicted octanol–water partition coefficient (Wildman–Crippen LogP) is 3.57. The molecule has 2 aromatic carbocycles. The van der Waals surface area contributed by atoms with Crippen molar-refractivity contribution in [1.29, 1.82) is 0 Å². The number of aromatic nitrogens is 2. The van der Waals surface area contributed by atoms with Crippen molar-refractivity contribution in [3.63, 3.8) is 0 Å². The van der Waals surface area contributed by atoms with Gasteiger partial charge in [0, 0.05) is 0 Å². The maximum absolute atomic E-state index is 6.22. The molecule has 0 aliphatic heterocycles. The number of aryl methyl sites for hydroxylation is 1. The van der Waals surface area contributed by atoms with Crippen LogP contribution in [0.5, 0.6) is 0 Å². The summed E-state index contributed by atoms with van der Waals surface area (Å²) in [6, 6.07) is 13.6. The molecule has 4 heteroatoms. The van der Waals surface area contributed by atoms with Gasteiger partial charge in [-0.1, -0.05) is 29.8 Å². The zero-order chi connectivity index (χ0) is 12.7. The van der Waals surface area contributed by atoms with Gasteiger partial charge in [-0.15, -0.1) is 0 Å². The van der Waals surface area contributed by atoms with Crippen molar-refractivity contribution in [3.05, 3.63) is 53.1 Å². The predicted molar refractivity (Wildman–Crippen MR) is 75.2 cm³/mol. The lowest BCUT2D eigenvalue weighted by atomic mass is 10.2. The summed E-state index contributed by atoms with van der Waals surface area (Å²) in [7, 11) is 0. The van der Waals surface area contributed by atoms with Crippen LogP contribution >= 0.6 is 11.6 Å². The third-order valence-electron chi connectivity index (χ3n) is 2.93. The highest BCUT2D eigenvalue weighted by Gasteiger charge is 2.11. The van der Waals surface area contributed by atoms with Gasteiger partial charge >= 0.3 is 0 Å². The van der Waals surface area contributed by atoms with Crippen molar-refractivity contribution < 1.29 is 0 Å². The average Bonchev–Trinajstić information content (AvgIpc) is 2.66. The molecular weight excluding hydrogens is 246 g/mol. The molecule has 0 unspecified atom stereocenters. The van der Waals surface area contributed by atoms with E-state index in [0.29, 0.717) is 11.0 Å². The summed E-state index contributed by atoms with van der Waals surface area (Å²) < 4.78 is 1.88. The van der Waals surface area contributed by atoms with Crippen molar-refractivity contribution in [1.82, 2.24) is 9.55 Å². The number of nitrogens with zero attached hydrogens (tertiary/aromatic N) is 2. The van der Waals surface area contributed by atoms with Gasteiger partial charge in [-0.25, -0.2) is 4.98 Å². The Morgan fingerprint density at radius 3 is 2.72 bits per heavy atom. The quantitative estimate of drug-likeness (QED) is 0.724. The molecule has 0 radical (unpaired) electrons. The van der Waals surface area contributed by atoms with Gasteiger partial charge in [-0.05, 0) is 36.8 Å². The molecule has 0 atom stereocenters. The van der Waals surface area contributed by atoms with E-state index in [-0.39, 0.29) is 0 Å². The molecule has 0 aliphatic carbocycles. The van der Waals surface area contributed by atoms with E-state index >= 15 is 0 Å². The second kappa shape index (κ2) is 4.03. The Morgan fingerprint density at radius 1 is 1.17 bits per heavy atom. The van der Waals surface area contributed by atoms with Crippen molar-refractivity contribution >= 4 is 28.6 Å². The maximum Gasteiger partial charge on any atom is 0.205 e. The molecule has 90 valence electrons. The zero-order valence-corrected chi connectivity index (χ0v) is 10.6. The lowest BCUT2D eigenvalue weighted by Crippen LogP contribution is -2.01. The van der Waals surface area contributed by atoms with Crippen molar-refractivity contribution in [3.8, 4) is 5.69 Å². The summed E-state index contributed by atoms with van der Waals surface area (Å²) in [5, 5.41) is 0.657. The SMILES string of the molecule is Cc1ccc2nc(N)n(-c3ccccc3Cl)c2c1. The first-order chi connectivity index (χ1) is 8.66. The van der Waals surface area contributed by atoms with Crippen molar-refractivity contribution in [2.24, 2.45) is 0 Å². The second-order valence-corrected chi connectivity index (χ2v) is 4.66. The first-order valence-corrected chi connectivity index (χ1v) is 6.04. The van der Waals surface area contributed by atoms with E-state index in [9.17, 15) is 0 Å². The van der Waals surface area contributed by atoms with E-state index in [0.717, 1.165) is 22.3 Å². The van der Waals surface area contributed by atoms with Gasteiger partial charge < -0.3 is 5.73 Å². The Balaban J connectivity index is 2.38. The summed E-state index contributed by atoms with van der Waals surface area (Å²) in [6.07, 6.45) is 0. The average molecular weight is 258 g/mol. The summed E-state index contributed by atoms with van der Waals surface area (Å²) in [6.45, 7) is 2.04. The normalized spacial score (nSPS) is 11.0. The van der Waals surface area contributed by atoms with Crippen molar-refractivity contribution in [2.45, 2.75) is 6.92 Å². The molecule has 0 amide bonds. The topological polar surface area (TPSA) is 43.8 Å². The van der Waals surface area contributed by atoms with E-state index < -0.39 is 0 Å². The van der Waals surface area contributed by atoms with Crippen LogP contribution in [0.15, 0.2) is 42.5 Å². The number of nitrogens with two attached hydrogens (primary N) is 1.